The van der Waals surface area contributed by atoms with Crippen LogP contribution in [0.1, 0.15) is 31.2 Å². The average molecular weight is 640 g/mol. The number of anilines is 2. The minimum absolute atomic E-state index is 0.000583. The van der Waals surface area contributed by atoms with E-state index in [1.807, 2.05) is 0 Å². The zero-order valence-corrected chi connectivity index (χ0v) is 26.1. The first-order chi connectivity index (χ1) is 21.3. The highest BCUT2D eigenvalue weighted by Crippen LogP contribution is 2.50. The topological polar surface area (TPSA) is 104 Å². The number of benzene rings is 2. The highest BCUT2D eigenvalue weighted by molar-refractivity contribution is 7.23. The Morgan fingerprint density at radius 1 is 1.07 bits per heavy atom. The van der Waals surface area contributed by atoms with Crippen LogP contribution in [0.5, 0.6) is 11.8 Å². The zero-order valence-electron chi connectivity index (χ0n) is 24.5. The predicted octanol–water partition coefficient (Wildman–Crippen LogP) is 5.66. The van der Waals surface area contributed by atoms with Gasteiger partial charge in [0.25, 0.3) is 0 Å². The summed E-state index contributed by atoms with van der Waals surface area (Å²) in [4.78, 5) is 16.2. The molecule has 2 aromatic heterocycles. The predicted molar refractivity (Wildman–Crippen MR) is 169 cm³/mol. The van der Waals surface area contributed by atoms with E-state index >= 15 is 4.39 Å². The number of nitrogens with zero attached hydrogens (tertiary/aromatic N) is 6. The Labute approximate surface area is 262 Å². The first kappa shape index (κ1) is 29.2. The highest BCUT2D eigenvalue weighted by atomic mass is 35.5. The summed E-state index contributed by atoms with van der Waals surface area (Å²) in [6.07, 6.45) is 3.67. The van der Waals surface area contributed by atoms with E-state index in [2.05, 4.69) is 39.8 Å². The largest absolute Gasteiger partial charge is 0.489 e. The molecule has 2 bridgehead atoms. The number of thiophene rings is 1. The van der Waals surface area contributed by atoms with E-state index in [1.165, 1.54) is 12.1 Å². The molecule has 44 heavy (non-hydrogen) atoms. The summed E-state index contributed by atoms with van der Waals surface area (Å²) in [5, 5.41) is 10.6. The number of halogens is 3. The minimum Gasteiger partial charge on any atom is -0.489 e. The van der Waals surface area contributed by atoms with Crippen molar-refractivity contribution in [2.24, 2.45) is 0 Å². The fourth-order valence-corrected chi connectivity index (χ4v) is 8.10. The fraction of sp³-hybridized carbons (Fsp3) is 0.452. The molecule has 0 spiro atoms. The molecule has 2 aromatic carbocycles. The molecule has 2 atom stereocenters. The third kappa shape index (κ3) is 4.77. The molecule has 5 heterocycles. The SMILES string of the molecule is CN1CCCC([C@@H]2CCCN2C)Oc2nc3c4c(c(Cl)c(-c5ccc(F)c6sc(N)c(C#N)c56)c(F)c4n2)OCCN3CC1. The van der Waals surface area contributed by atoms with Gasteiger partial charge in [-0.2, -0.15) is 15.2 Å². The second-order valence-corrected chi connectivity index (χ2v) is 13.2. The summed E-state index contributed by atoms with van der Waals surface area (Å²) >= 11 is 7.93. The minimum atomic E-state index is -0.729. The van der Waals surface area contributed by atoms with E-state index < -0.39 is 11.6 Å². The maximum absolute atomic E-state index is 17.0. The molecule has 0 saturated carbocycles. The van der Waals surface area contributed by atoms with Crippen molar-refractivity contribution in [3.8, 4) is 29.0 Å². The van der Waals surface area contributed by atoms with Gasteiger partial charge in [-0.05, 0) is 64.5 Å². The van der Waals surface area contributed by atoms with Gasteiger partial charge >= 0.3 is 6.01 Å². The summed E-state index contributed by atoms with van der Waals surface area (Å²) in [6, 6.07) is 5.00. The smallest absolute Gasteiger partial charge is 0.319 e. The van der Waals surface area contributed by atoms with Crippen LogP contribution in [0.15, 0.2) is 12.1 Å². The molecule has 13 heteroatoms. The average Bonchev–Trinajstić information content (AvgIpc) is 3.52. The second-order valence-electron chi connectivity index (χ2n) is 11.8. The van der Waals surface area contributed by atoms with E-state index in [9.17, 15) is 9.65 Å². The van der Waals surface area contributed by atoms with Crippen LogP contribution in [0.25, 0.3) is 32.1 Å². The molecule has 9 nitrogen and oxygen atoms in total. The van der Waals surface area contributed by atoms with Crippen LogP contribution in [0, 0.1) is 23.0 Å². The summed E-state index contributed by atoms with van der Waals surface area (Å²) in [5.41, 5.74) is 6.36. The molecule has 1 unspecified atom stereocenters. The van der Waals surface area contributed by atoms with E-state index in [-0.39, 0.29) is 72.8 Å². The van der Waals surface area contributed by atoms with Gasteiger partial charge in [-0.1, -0.05) is 17.7 Å². The molecule has 3 aliphatic rings. The van der Waals surface area contributed by atoms with Crippen LogP contribution in [0.3, 0.4) is 0 Å². The van der Waals surface area contributed by atoms with Gasteiger partial charge in [0, 0.05) is 30.1 Å². The molecule has 3 aliphatic heterocycles. The van der Waals surface area contributed by atoms with Crippen LogP contribution in [-0.2, 0) is 0 Å². The molecule has 0 aliphatic carbocycles. The van der Waals surface area contributed by atoms with Crippen LogP contribution >= 0.6 is 22.9 Å². The van der Waals surface area contributed by atoms with Crippen molar-refractivity contribution in [2.45, 2.75) is 37.8 Å². The lowest BCUT2D eigenvalue weighted by molar-refractivity contribution is 0.0863. The highest BCUT2D eigenvalue weighted by Gasteiger charge is 2.35. The van der Waals surface area contributed by atoms with Gasteiger partial charge in [0.15, 0.2) is 11.6 Å². The number of nitrogen functional groups attached to an aromatic ring is 1. The van der Waals surface area contributed by atoms with Gasteiger partial charge in [-0.3, -0.25) is 4.90 Å². The molecular formula is C31H32ClF2N7O2S. The molecule has 0 radical (unpaired) electrons. The number of likely N-dealkylation sites (tertiary alicyclic amines) is 1. The van der Waals surface area contributed by atoms with E-state index in [0.717, 1.165) is 56.7 Å². The molecule has 230 valence electrons. The Morgan fingerprint density at radius 3 is 2.66 bits per heavy atom. The van der Waals surface area contributed by atoms with Crippen molar-refractivity contribution in [3.63, 3.8) is 0 Å². The Kier molecular flexibility index (Phi) is 7.61. The molecule has 7 rings (SSSR count). The molecule has 4 aromatic rings. The maximum atomic E-state index is 17.0. The van der Waals surface area contributed by atoms with Gasteiger partial charge in [-0.25, -0.2) is 8.78 Å². The Morgan fingerprint density at radius 2 is 1.89 bits per heavy atom. The van der Waals surface area contributed by atoms with Crippen LogP contribution in [0.2, 0.25) is 5.02 Å². The monoisotopic (exact) mass is 639 g/mol. The van der Waals surface area contributed by atoms with Gasteiger partial charge in [-0.15, -0.1) is 11.3 Å². The van der Waals surface area contributed by atoms with Crippen LogP contribution in [0.4, 0.5) is 19.6 Å². The summed E-state index contributed by atoms with van der Waals surface area (Å²) < 4.78 is 44.9. The van der Waals surface area contributed by atoms with Crippen molar-refractivity contribution in [1.29, 1.82) is 5.26 Å². The third-order valence-corrected chi connectivity index (χ3v) is 10.5. The number of hydrogen-bond donors (Lipinski definition) is 1. The quantitative estimate of drug-likeness (QED) is 0.297. The molecule has 2 N–H and O–H groups in total. The van der Waals surface area contributed by atoms with E-state index in [1.54, 1.807) is 0 Å². The number of aromatic nitrogens is 2. The second kappa shape index (κ2) is 11.5. The van der Waals surface area contributed by atoms with Crippen molar-refractivity contribution >= 4 is 54.7 Å². The zero-order chi connectivity index (χ0) is 30.7. The number of likely N-dealkylation sites (N-methyl/N-ethyl adjacent to an activating group) is 2. The van der Waals surface area contributed by atoms with Crippen LogP contribution in [-0.4, -0.2) is 85.3 Å². The van der Waals surface area contributed by atoms with Gasteiger partial charge in [0.1, 0.15) is 40.9 Å². The maximum Gasteiger partial charge on any atom is 0.319 e. The molecule has 1 saturated heterocycles. The first-order valence-corrected chi connectivity index (χ1v) is 16.0. The lowest BCUT2D eigenvalue weighted by Gasteiger charge is -2.31. The van der Waals surface area contributed by atoms with Gasteiger partial charge in [0.05, 0.1) is 27.2 Å². The lowest BCUT2D eigenvalue weighted by Crippen LogP contribution is -2.42. The molecule has 1 fully saturated rings. The number of hydrogen-bond acceptors (Lipinski definition) is 10. The van der Waals surface area contributed by atoms with Crippen molar-refractivity contribution in [2.75, 3.05) is 64.1 Å². The number of fused-ring (bicyclic) bond motifs is 2. The van der Waals surface area contributed by atoms with Crippen molar-refractivity contribution in [3.05, 3.63) is 34.4 Å². The Balaban J connectivity index is 1.49. The standard InChI is InChI=1S/C31H32ClF2N7O2S/c1-39-9-4-6-20(19-5-3-10-40(19)2)43-31-37-26-23-27(42-14-13-41(12-11-39)30(23)38-31)24(32)22(25(26)34)16-7-8-18(33)28-21(16)17(15-35)29(36)44-28/h7-8,19-20H,3-6,9-14,36H2,1-2H3/t19-,20?/m0/s1. The van der Waals surface area contributed by atoms with Crippen molar-refractivity contribution < 1.29 is 18.3 Å². The number of rotatable bonds is 2. The Bertz CT molecular complexity index is 1830. The van der Waals surface area contributed by atoms with Gasteiger partial charge in [0.2, 0.25) is 0 Å². The number of nitriles is 1. The lowest BCUT2D eigenvalue weighted by atomic mass is 9.96. The molecule has 0 amide bonds. The van der Waals surface area contributed by atoms with Gasteiger partial charge < -0.3 is 25.0 Å². The van der Waals surface area contributed by atoms with Crippen LogP contribution < -0.4 is 20.1 Å². The summed E-state index contributed by atoms with van der Waals surface area (Å²) in [7, 11) is 4.21. The number of ether oxygens (including phenoxy) is 2. The summed E-state index contributed by atoms with van der Waals surface area (Å²) in [6.45, 7) is 4.11. The third-order valence-electron chi connectivity index (χ3n) is 9.09. The number of nitrogens with two attached hydrogens (primary N) is 1. The normalized spacial score (nSPS) is 21.5. The molecular weight excluding hydrogens is 608 g/mol. The van der Waals surface area contributed by atoms with E-state index in [0.29, 0.717) is 24.3 Å². The Hall–Kier alpha value is -3.50. The van der Waals surface area contributed by atoms with Crippen molar-refractivity contribution in [1.82, 2.24) is 19.8 Å². The first-order valence-electron chi connectivity index (χ1n) is 14.8. The van der Waals surface area contributed by atoms with E-state index in [4.69, 9.17) is 31.8 Å². The fourth-order valence-electron chi connectivity index (χ4n) is 6.82. The summed E-state index contributed by atoms with van der Waals surface area (Å²) in [5.74, 6) is -0.542.